The number of urea groups is 1. The number of nitrogens with two attached hydrogens (primary N) is 1. The number of nitrogens with one attached hydrogen (secondary N) is 1. The lowest BCUT2D eigenvalue weighted by molar-refractivity contribution is -0.141. The minimum absolute atomic E-state index is 0.158. The molecule has 0 atom stereocenters. The van der Waals surface area contributed by atoms with E-state index in [1.165, 1.54) is 24.3 Å². The molecule has 2 aromatic rings. The van der Waals surface area contributed by atoms with Crippen LogP contribution >= 0.6 is 0 Å². The topological polar surface area (TPSA) is 102 Å². The Hall–Kier alpha value is -2.62. The minimum atomic E-state index is -4.65. The summed E-state index contributed by atoms with van der Waals surface area (Å²) >= 11 is 0. The zero-order valence-corrected chi connectivity index (χ0v) is 12.1. The number of carbonyl (C=O) groups excluding carboxylic acids is 1. The van der Waals surface area contributed by atoms with E-state index in [2.05, 4.69) is 10.3 Å². The van der Waals surface area contributed by atoms with Crippen molar-refractivity contribution in [2.75, 3.05) is 5.32 Å². The summed E-state index contributed by atoms with van der Waals surface area (Å²) in [6.07, 6.45) is -4.00. The second kappa shape index (κ2) is 5.88. The van der Waals surface area contributed by atoms with Crippen molar-refractivity contribution >= 4 is 21.6 Å². The molecule has 1 heterocycles. The van der Waals surface area contributed by atoms with Gasteiger partial charge < -0.3 is 11.1 Å². The number of alkyl halides is 3. The maximum absolute atomic E-state index is 12.4. The van der Waals surface area contributed by atoms with Crippen molar-refractivity contribution in [1.82, 2.24) is 4.98 Å². The molecule has 23 heavy (non-hydrogen) atoms. The van der Waals surface area contributed by atoms with Gasteiger partial charge in [0.1, 0.15) is 5.69 Å². The van der Waals surface area contributed by atoms with Crippen LogP contribution in [0.3, 0.4) is 0 Å². The largest absolute Gasteiger partial charge is 0.433 e. The van der Waals surface area contributed by atoms with Crippen LogP contribution in [0.4, 0.5) is 23.7 Å². The Labute approximate surface area is 129 Å². The lowest BCUT2D eigenvalue weighted by Crippen LogP contribution is -2.19. The Bertz CT molecular complexity index is 816. The average Bonchev–Trinajstić information content (AvgIpc) is 2.46. The van der Waals surface area contributed by atoms with Crippen LogP contribution in [-0.4, -0.2) is 19.4 Å². The number of halogens is 3. The molecule has 1 aromatic heterocycles. The van der Waals surface area contributed by atoms with E-state index < -0.39 is 27.7 Å². The fourth-order valence-corrected chi connectivity index (χ4v) is 2.91. The molecule has 2 rings (SSSR count). The van der Waals surface area contributed by atoms with Gasteiger partial charge in [-0.3, -0.25) is 4.98 Å². The molecule has 1 aromatic carbocycles. The van der Waals surface area contributed by atoms with Crippen molar-refractivity contribution in [2.45, 2.75) is 16.0 Å². The van der Waals surface area contributed by atoms with Gasteiger partial charge in [-0.05, 0) is 36.4 Å². The highest BCUT2D eigenvalue weighted by Gasteiger charge is 2.32. The highest BCUT2D eigenvalue weighted by molar-refractivity contribution is 7.91. The first-order chi connectivity index (χ1) is 10.6. The molecule has 0 saturated heterocycles. The Kier molecular flexibility index (Phi) is 4.28. The number of aromatic nitrogens is 1. The van der Waals surface area contributed by atoms with E-state index >= 15 is 0 Å². The summed E-state index contributed by atoms with van der Waals surface area (Å²) in [5.74, 6) is 0. The highest BCUT2D eigenvalue weighted by atomic mass is 32.2. The number of carbonyl (C=O) groups is 1. The number of hydrogen-bond donors (Lipinski definition) is 2. The summed E-state index contributed by atoms with van der Waals surface area (Å²) in [5, 5.41) is 2.25. The Morgan fingerprint density at radius 3 is 2.04 bits per heavy atom. The molecule has 0 aliphatic rings. The number of anilines is 1. The molecular weight excluding hydrogens is 335 g/mol. The summed E-state index contributed by atoms with van der Waals surface area (Å²) in [4.78, 5) is 13.3. The standard InChI is InChI=1S/C13H10F3N3O3S/c14-13(15,16)11-6-5-10(7-18-11)23(21,22)9-3-1-8(2-4-9)19-12(17)20/h1-7H,(H3,17,19,20). The Morgan fingerprint density at radius 1 is 1.04 bits per heavy atom. The highest BCUT2D eigenvalue weighted by Crippen LogP contribution is 2.29. The van der Waals surface area contributed by atoms with Crippen LogP contribution in [0.5, 0.6) is 0 Å². The lowest BCUT2D eigenvalue weighted by Gasteiger charge is -2.08. The minimum Gasteiger partial charge on any atom is -0.351 e. The Morgan fingerprint density at radius 2 is 1.61 bits per heavy atom. The van der Waals surface area contributed by atoms with Crippen LogP contribution in [0.1, 0.15) is 5.69 Å². The predicted octanol–water partition coefficient (Wildman–Crippen LogP) is 2.42. The summed E-state index contributed by atoms with van der Waals surface area (Å²) in [5.41, 5.74) is 4.02. The van der Waals surface area contributed by atoms with Crippen molar-refractivity contribution in [3.63, 3.8) is 0 Å². The van der Waals surface area contributed by atoms with Crippen molar-refractivity contribution in [3.8, 4) is 0 Å². The second-order valence-electron chi connectivity index (χ2n) is 4.39. The van der Waals surface area contributed by atoms with E-state index in [0.717, 1.165) is 6.07 Å². The number of sulfone groups is 1. The van der Waals surface area contributed by atoms with Crippen molar-refractivity contribution < 1.29 is 26.4 Å². The molecule has 2 amide bonds. The van der Waals surface area contributed by atoms with Gasteiger partial charge in [-0.1, -0.05) is 0 Å². The zero-order chi connectivity index (χ0) is 17.3. The van der Waals surface area contributed by atoms with E-state index in [9.17, 15) is 26.4 Å². The summed E-state index contributed by atoms with van der Waals surface area (Å²) in [6, 6.07) is 5.60. The fourth-order valence-electron chi connectivity index (χ4n) is 1.70. The monoisotopic (exact) mass is 345 g/mol. The summed E-state index contributed by atoms with van der Waals surface area (Å²) in [6.45, 7) is 0. The van der Waals surface area contributed by atoms with Gasteiger partial charge in [0.05, 0.1) is 9.79 Å². The lowest BCUT2D eigenvalue weighted by atomic mass is 10.3. The van der Waals surface area contributed by atoms with Crippen molar-refractivity contribution in [2.24, 2.45) is 5.73 Å². The SMILES string of the molecule is NC(=O)Nc1ccc(S(=O)(=O)c2ccc(C(F)(F)F)nc2)cc1. The van der Waals surface area contributed by atoms with Gasteiger partial charge in [-0.15, -0.1) is 0 Å². The fraction of sp³-hybridized carbons (Fsp3) is 0.0769. The number of rotatable bonds is 3. The molecule has 0 fully saturated rings. The third-order valence-corrected chi connectivity index (χ3v) is 4.52. The van der Waals surface area contributed by atoms with Crippen LogP contribution < -0.4 is 11.1 Å². The van der Waals surface area contributed by atoms with Crippen LogP contribution in [0.15, 0.2) is 52.4 Å². The maximum atomic E-state index is 12.4. The first-order valence-electron chi connectivity index (χ1n) is 6.05. The summed E-state index contributed by atoms with van der Waals surface area (Å²) in [7, 11) is -4.02. The van der Waals surface area contributed by atoms with E-state index in [-0.39, 0.29) is 15.5 Å². The molecule has 0 aliphatic carbocycles. The van der Waals surface area contributed by atoms with Gasteiger partial charge in [-0.25, -0.2) is 13.2 Å². The smallest absolute Gasteiger partial charge is 0.351 e. The second-order valence-corrected chi connectivity index (χ2v) is 6.34. The molecule has 0 spiro atoms. The average molecular weight is 345 g/mol. The van der Waals surface area contributed by atoms with E-state index in [1.54, 1.807) is 0 Å². The molecule has 122 valence electrons. The molecule has 0 radical (unpaired) electrons. The van der Waals surface area contributed by atoms with Gasteiger partial charge >= 0.3 is 12.2 Å². The molecule has 6 nitrogen and oxygen atoms in total. The Balaban J connectivity index is 2.32. The molecule has 0 bridgehead atoms. The molecule has 3 N–H and O–H groups in total. The normalized spacial score (nSPS) is 12.0. The maximum Gasteiger partial charge on any atom is 0.433 e. The number of pyridine rings is 1. The quantitative estimate of drug-likeness (QED) is 0.892. The first-order valence-corrected chi connectivity index (χ1v) is 7.54. The number of primary amides is 1. The van der Waals surface area contributed by atoms with Crippen LogP contribution in [-0.2, 0) is 16.0 Å². The molecule has 0 aliphatic heterocycles. The van der Waals surface area contributed by atoms with Crippen molar-refractivity contribution in [1.29, 1.82) is 0 Å². The van der Waals surface area contributed by atoms with Gasteiger partial charge in [0.15, 0.2) is 0 Å². The van der Waals surface area contributed by atoms with Gasteiger partial charge in [0.25, 0.3) is 0 Å². The van der Waals surface area contributed by atoms with E-state index in [4.69, 9.17) is 5.73 Å². The molecule has 0 saturated carbocycles. The van der Waals surface area contributed by atoms with Crippen LogP contribution in [0.25, 0.3) is 0 Å². The van der Waals surface area contributed by atoms with Gasteiger partial charge in [-0.2, -0.15) is 13.2 Å². The number of benzene rings is 1. The van der Waals surface area contributed by atoms with E-state index in [0.29, 0.717) is 12.3 Å². The third kappa shape index (κ3) is 3.77. The van der Waals surface area contributed by atoms with Crippen LogP contribution in [0.2, 0.25) is 0 Å². The zero-order valence-electron chi connectivity index (χ0n) is 11.3. The first kappa shape index (κ1) is 16.7. The summed E-state index contributed by atoms with van der Waals surface area (Å²) < 4.78 is 61.9. The van der Waals surface area contributed by atoms with Crippen LogP contribution in [0, 0.1) is 0 Å². The number of nitrogens with zero attached hydrogens (tertiary/aromatic N) is 1. The van der Waals surface area contributed by atoms with E-state index in [1.807, 2.05) is 0 Å². The van der Waals surface area contributed by atoms with Gasteiger partial charge in [0.2, 0.25) is 9.84 Å². The predicted molar refractivity (Wildman–Crippen MR) is 74.3 cm³/mol. The third-order valence-electron chi connectivity index (χ3n) is 2.77. The molecule has 0 unspecified atom stereocenters. The number of amides is 2. The number of hydrogen-bond acceptors (Lipinski definition) is 4. The molecular formula is C13H10F3N3O3S. The van der Waals surface area contributed by atoms with Crippen molar-refractivity contribution in [3.05, 3.63) is 48.3 Å². The molecule has 10 heteroatoms. The van der Waals surface area contributed by atoms with Gasteiger partial charge in [0, 0.05) is 11.9 Å².